The number of rotatable bonds is 10. The predicted molar refractivity (Wildman–Crippen MR) is 85.8 cm³/mol. The molecule has 3 nitrogen and oxygen atoms in total. The largest absolute Gasteiger partial charge is 0.356 e. The van der Waals surface area contributed by atoms with Crippen LogP contribution >= 0.6 is 0 Å². The lowest BCUT2D eigenvalue weighted by molar-refractivity contribution is -0.125. The average molecular weight is 282 g/mol. The molecule has 0 saturated carbocycles. The first-order chi connectivity index (χ1) is 9.74. The molecule has 20 heavy (non-hydrogen) atoms. The van der Waals surface area contributed by atoms with Crippen LogP contribution in [0.1, 0.15) is 78.1 Å². The van der Waals surface area contributed by atoms with Gasteiger partial charge in [0.25, 0.3) is 0 Å². The molecule has 1 fully saturated rings. The number of piperidine rings is 1. The summed E-state index contributed by atoms with van der Waals surface area (Å²) in [5.41, 5.74) is 0. The highest BCUT2D eigenvalue weighted by atomic mass is 16.1. The topological polar surface area (TPSA) is 41.1 Å². The molecule has 1 rings (SSSR count). The summed E-state index contributed by atoms with van der Waals surface area (Å²) in [6.45, 7) is 6.16. The number of unbranched alkanes of at least 4 members (excludes halogenated alkanes) is 7. The lowest BCUT2D eigenvalue weighted by Crippen LogP contribution is -2.44. The van der Waals surface area contributed by atoms with Crippen molar-refractivity contribution in [1.82, 2.24) is 10.6 Å². The zero-order valence-electron chi connectivity index (χ0n) is 13.5. The van der Waals surface area contributed by atoms with Gasteiger partial charge in [-0.2, -0.15) is 0 Å². The van der Waals surface area contributed by atoms with Crippen molar-refractivity contribution < 1.29 is 4.79 Å². The Bertz CT molecular complexity index is 247. The second-order valence-electron chi connectivity index (χ2n) is 6.35. The molecule has 118 valence electrons. The minimum absolute atomic E-state index is 0.195. The summed E-state index contributed by atoms with van der Waals surface area (Å²) in [7, 11) is 0. The first kappa shape index (κ1) is 17.5. The van der Waals surface area contributed by atoms with Crippen LogP contribution in [0.15, 0.2) is 0 Å². The summed E-state index contributed by atoms with van der Waals surface area (Å²) < 4.78 is 0. The molecule has 2 N–H and O–H groups in total. The van der Waals surface area contributed by atoms with Crippen LogP contribution in [0, 0.1) is 5.92 Å². The van der Waals surface area contributed by atoms with Gasteiger partial charge in [-0.05, 0) is 26.2 Å². The van der Waals surface area contributed by atoms with Gasteiger partial charge >= 0.3 is 0 Å². The van der Waals surface area contributed by atoms with Gasteiger partial charge in [-0.15, -0.1) is 0 Å². The van der Waals surface area contributed by atoms with Gasteiger partial charge in [-0.1, -0.05) is 51.9 Å². The lowest BCUT2D eigenvalue weighted by Gasteiger charge is -2.26. The fourth-order valence-electron chi connectivity index (χ4n) is 2.84. The van der Waals surface area contributed by atoms with E-state index in [0.29, 0.717) is 6.04 Å². The van der Waals surface area contributed by atoms with Gasteiger partial charge < -0.3 is 10.6 Å². The fraction of sp³-hybridized carbons (Fsp3) is 0.941. The highest BCUT2D eigenvalue weighted by molar-refractivity contribution is 5.78. The molecule has 0 aromatic heterocycles. The van der Waals surface area contributed by atoms with E-state index in [9.17, 15) is 4.79 Å². The smallest absolute Gasteiger partial charge is 0.224 e. The molecule has 0 aliphatic carbocycles. The van der Waals surface area contributed by atoms with Crippen molar-refractivity contribution in [3.63, 3.8) is 0 Å². The minimum Gasteiger partial charge on any atom is -0.356 e. The molecule has 0 radical (unpaired) electrons. The van der Waals surface area contributed by atoms with Crippen molar-refractivity contribution in [2.24, 2.45) is 5.92 Å². The second-order valence-corrected chi connectivity index (χ2v) is 6.35. The van der Waals surface area contributed by atoms with E-state index in [1.54, 1.807) is 0 Å². The van der Waals surface area contributed by atoms with Gasteiger partial charge in [0.15, 0.2) is 0 Å². The van der Waals surface area contributed by atoms with E-state index >= 15 is 0 Å². The van der Waals surface area contributed by atoms with Crippen LogP contribution in [0.4, 0.5) is 0 Å². The van der Waals surface area contributed by atoms with Crippen molar-refractivity contribution in [2.45, 2.75) is 84.1 Å². The van der Waals surface area contributed by atoms with E-state index in [-0.39, 0.29) is 11.8 Å². The van der Waals surface area contributed by atoms with Crippen LogP contribution in [-0.2, 0) is 4.79 Å². The first-order valence-electron chi connectivity index (χ1n) is 8.75. The maximum absolute atomic E-state index is 12.0. The predicted octanol–water partition coefficient (Wildman–Crippen LogP) is 3.63. The molecule has 1 aliphatic rings. The Hall–Kier alpha value is -0.570. The molecular formula is C17H34N2O. The zero-order valence-corrected chi connectivity index (χ0v) is 13.5. The Kier molecular flexibility index (Phi) is 9.73. The molecule has 1 heterocycles. The van der Waals surface area contributed by atoms with E-state index in [4.69, 9.17) is 0 Å². The quantitative estimate of drug-likeness (QED) is 0.601. The highest BCUT2D eigenvalue weighted by Crippen LogP contribution is 2.14. The van der Waals surface area contributed by atoms with Crippen LogP contribution in [0.3, 0.4) is 0 Å². The molecule has 2 unspecified atom stereocenters. The van der Waals surface area contributed by atoms with E-state index in [2.05, 4.69) is 24.5 Å². The summed E-state index contributed by atoms with van der Waals surface area (Å²) in [4.78, 5) is 12.0. The highest BCUT2D eigenvalue weighted by Gasteiger charge is 2.23. The molecule has 1 saturated heterocycles. The van der Waals surface area contributed by atoms with Crippen LogP contribution in [-0.4, -0.2) is 25.0 Å². The van der Waals surface area contributed by atoms with Crippen LogP contribution < -0.4 is 10.6 Å². The summed E-state index contributed by atoms with van der Waals surface area (Å²) in [5.74, 6) is 0.451. The third kappa shape index (κ3) is 7.88. The van der Waals surface area contributed by atoms with Gasteiger partial charge in [-0.3, -0.25) is 4.79 Å². The molecule has 0 aromatic carbocycles. The first-order valence-corrected chi connectivity index (χ1v) is 8.75. The lowest BCUT2D eigenvalue weighted by atomic mass is 9.95. The molecular weight excluding hydrogens is 248 g/mol. The summed E-state index contributed by atoms with van der Waals surface area (Å²) in [6.07, 6.45) is 12.7. The standard InChI is InChI=1S/C17H34N2O/c1-3-4-5-6-7-8-9-10-13-18-17(20)16-12-11-15(2)19-14-16/h15-16,19H,3-14H2,1-2H3,(H,18,20). The van der Waals surface area contributed by atoms with E-state index in [0.717, 1.165) is 32.4 Å². The van der Waals surface area contributed by atoms with Gasteiger partial charge in [0.05, 0.1) is 5.92 Å². The maximum atomic E-state index is 12.0. The monoisotopic (exact) mass is 282 g/mol. The molecule has 1 aliphatic heterocycles. The number of hydrogen-bond donors (Lipinski definition) is 2. The van der Waals surface area contributed by atoms with Crippen molar-refractivity contribution in [3.8, 4) is 0 Å². The number of carbonyl (C=O) groups excluding carboxylic acids is 1. The summed E-state index contributed by atoms with van der Waals surface area (Å²) in [6, 6.07) is 0.576. The summed E-state index contributed by atoms with van der Waals surface area (Å²) in [5, 5.41) is 6.49. The van der Waals surface area contributed by atoms with E-state index < -0.39 is 0 Å². The maximum Gasteiger partial charge on any atom is 0.224 e. The van der Waals surface area contributed by atoms with Crippen LogP contribution in [0.2, 0.25) is 0 Å². The van der Waals surface area contributed by atoms with Gasteiger partial charge in [0.1, 0.15) is 0 Å². The number of carbonyl (C=O) groups is 1. The molecule has 0 spiro atoms. The molecule has 0 bridgehead atoms. The second kappa shape index (κ2) is 11.1. The van der Waals surface area contributed by atoms with Crippen molar-refractivity contribution in [3.05, 3.63) is 0 Å². The Morgan fingerprint density at radius 3 is 2.30 bits per heavy atom. The molecule has 0 aromatic rings. The number of hydrogen-bond acceptors (Lipinski definition) is 2. The van der Waals surface area contributed by atoms with E-state index in [1.807, 2.05) is 0 Å². The molecule has 1 amide bonds. The van der Waals surface area contributed by atoms with Gasteiger partial charge in [0.2, 0.25) is 5.91 Å². The number of nitrogens with one attached hydrogen (secondary N) is 2. The van der Waals surface area contributed by atoms with Gasteiger partial charge in [-0.25, -0.2) is 0 Å². The fourth-order valence-corrected chi connectivity index (χ4v) is 2.84. The van der Waals surface area contributed by atoms with Crippen LogP contribution in [0.25, 0.3) is 0 Å². The summed E-state index contributed by atoms with van der Waals surface area (Å²) >= 11 is 0. The average Bonchev–Trinajstić information content (AvgIpc) is 2.46. The Morgan fingerprint density at radius 1 is 1.05 bits per heavy atom. The third-order valence-electron chi connectivity index (χ3n) is 4.36. The SMILES string of the molecule is CCCCCCCCCCNC(=O)C1CCC(C)NC1. The zero-order chi connectivity index (χ0) is 14.6. The Balaban J connectivity index is 1.89. The van der Waals surface area contributed by atoms with Crippen molar-refractivity contribution in [1.29, 1.82) is 0 Å². The van der Waals surface area contributed by atoms with Crippen LogP contribution in [0.5, 0.6) is 0 Å². The number of amides is 1. The molecule has 3 heteroatoms. The van der Waals surface area contributed by atoms with Crippen molar-refractivity contribution in [2.75, 3.05) is 13.1 Å². The molecule has 2 atom stereocenters. The third-order valence-corrected chi connectivity index (χ3v) is 4.36. The Labute approximate surface area is 125 Å². The Morgan fingerprint density at radius 2 is 1.70 bits per heavy atom. The minimum atomic E-state index is 0.195. The van der Waals surface area contributed by atoms with Crippen molar-refractivity contribution >= 4 is 5.91 Å². The van der Waals surface area contributed by atoms with Gasteiger partial charge in [0, 0.05) is 19.1 Å². The van der Waals surface area contributed by atoms with E-state index in [1.165, 1.54) is 44.9 Å². The normalized spacial score (nSPS) is 22.7.